The van der Waals surface area contributed by atoms with Gasteiger partial charge in [0.2, 0.25) is 5.91 Å². The van der Waals surface area contributed by atoms with Crippen LogP contribution in [0.2, 0.25) is 5.02 Å². The number of amides is 2. The predicted molar refractivity (Wildman–Crippen MR) is 76.9 cm³/mol. The highest BCUT2D eigenvalue weighted by Gasteiger charge is 2.57. The van der Waals surface area contributed by atoms with E-state index in [2.05, 4.69) is 5.32 Å². The molecular formula is C15H11ClN2O4. The van der Waals surface area contributed by atoms with Gasteiger partial charge in [0.05, 0.1) is 12.0 Å². The number of anilines is 1. The highest BCUT2D eigenvalue weighted by Crippen LogP contribution is 2.44. The van der Waals surface area contributed by atoms with Gasteiger partial charge in [-0.05, 0) is 36.4 Å². The molecule has 0 aliphatic carbocycles. The number of nitrogens with zero attached hydrogens (tertiary/aromatic N) is 1. The molecule has 0 radical (unpaired) electrons. The van der Waals surface area contributed by atoms with E-state index < -0.39 is 24.0 Å². The summed E-state index contributed by atoms with van der Waals surface area (Å²) in [6, 6.07) is 9.95. The topological polar surface area (TPSA) is 71.8 Å². The van der Waals surface area contributed by atoms with Crippen molar-refractivity contribution in [3.05, 3.63) is 53.4 Å². The molecule has 22 heavy (non-hydrogen) atoms. The summed E-state index contributed by atoms with van der Waals surface area (Å²) in [5.41, 5.74) is 0.695. The van der Waals surface area contributed by atoms with E-state index in [9.17, 15) is 9.59 Å². The summed E-state index contributed by atoms with van der Waals surface area (Å²) in [7, 11) is 0. The van der Waals surface area contributed by atoms with E-state index in [1.165, 1.54) is 6.26 Å². The number of hydrogen-bond acceptors (Lipinski definition) is 5. The van der Waals surface area contributed by atoms with Crippen LogP contribution in [-0.2, 0) is 14.4 Å². The van der Waals surface area contributed by atoms with Crippen molar-refractivity contribution in [2.24, 2.45) is 5.92 Å². The molecule has 4 rings (SSSR count). The van der Waals surface area contributed by atoms with Gasteiger partial charge in [0.25, 0.3) is 5.91 Å². The zero-order chi connectivity index (χ0) is 15.3. The fourth-order valence-electron chi connectivity index (χ4n) is 2.89. The van der Waals surface area contributed by atoms with Crippen LogP contribution in [0.5, 0.6) is 0 Å². The van der Waals surface area contributed by atoms with E-state index in [-0.39, 0.29) is 5.91 Å². The van der Waals surface area contributed by atoms with E-state index in [1.807, 2.05) is 0 Å². The lowest BCUT2D eigenvalue weighted by atomic mass is 9.94. The van der Waals surface area contributed by atoms with E-state index in [0.29, 0.717) is 16.5 Å². The molecule has 2 amide bonds. The Kier molecular flexibility index (Phi) is 2.95. The summed E-state index contributed by atoms with van der Waals surface area (Å²) in [4.78, 5) is 29.7. The molecule has 7 heteroatoms. The highest BCUT2D eigenvalue weighted by atomic mass is 35.5. The van der Waals surface area contributed by atoms with Crippen molar-refractivity contribution in [2.75, 3.05) is 5.06 Å². The number of nitrogens with one attached hydrogen (secondary N) is 1. The first-order valence-corrected chi connectivity index (χ1v) is 7.12. The van der Waals surface area contributed by atoms with Crippen LogP contribution in [-0.4, -0.2) is 17.9 Å². The maximum Gasteiger partial charge on any atom is 0.259 e. The molecule has 1 aromatic heterocycles. The standard InChI is InChI=1S/C15H11ClN2O4/c16-8-3-5-9(6-4-8)18-12(10-2-1-7-21-10)11-13(22-18)15(20)17-14(11)19/h1-7,11-13H,(H,17,19,20). The van der Waals surface area contributed by atoms with Gasteiger partial charge >= 0.3 is 0 Å². The van der Waals surface area contributed by atoms with Gasteiger partial charge < -0.3 is 4.42 Å². The average Bonchev–Trinajstić information content (AvgIpc) is 3.19. The first-order chi connectivity index (χ1) is 10.6. The van der Waals surface area contributed by atoms with Crippen LogP contribution in [0.3, 0.4) is 0 Å². The molecule has 2 aromatic rings. The van der Waals surface area contributed by atoms with Crippen LogP contribution in [0, 0.1) is 5.92 Å². The van der Waals surface area contributed by atoms with Gasteiger partial charge in [-0.15, -0.1) is 0 Å². The van der Waals surface area contributed by atoms with Gasteiger partial charge in [0.15, 0.2) is 6.10 Å². The van der Waals surface area contributed by atoms with Gasteiger partial charge in [0, 0.05) is 5.02 Å². The van der Waals surface area contributed by atoms with Crippen LogP contribution in [0.25, 0.3) is 0 Å². The van der Waals surface area contributed by atoms with Crippen molar-refractivity contribution in [2.45, 2.75) is 12.1 Å². The minimum absolute atomic E-state index is 0.354. The molecule has 0 bridgehead atoms. The number of rotatable bonds is 2. The van der Waals surface area contributed by atoms with Crippen LogP contribution >= 0.6 is 11.6 Å². The second kappa shape index (κ2) is 4.86. The van der Waals surface area contributed by atoms with E-state index in [0.717, 1.165) is 0 Å². The Balaban J connectivity index is 1.78. The van der Waals surface area contributed by atoms with Crippen LogP contribution < -0.4 is 10.4 Å². The summed E-state index contributed by atoms with van der Waals surface area (Å²) in [5.74, 6) is -0.863. The van der Waals surface area contributed by atoms with Crippen LogP contribution in [0.15, 0.2) is 47.1 Å². The molecule has 2 saturated heterocycles. The Labute approximate surface area is 130 Å². The maximum absolute atomic E-state index is 12.1. The second-order valence-corrected chi connectivity index (χ2v) is 5.60. The fourth-order valence-corrected chi connectivity index (χ4v) is 3.02. The number of furan rings is 1. The van der Waals surface area contributed by atoms with Crippen molar-refractivity contribution in [3.63, 3.8) is 0 Å². The average molecular weight is 319 g/mol. The van der Waals surface area contributed by atoms with Gasteiger partial charge in [-0.2, -0.15) is 0 Å². The van der Waals surface area contributed by atoms with E-state index >= 15 is 0 Å². The minimum atomic E-state index is -0.849. The molecule has 6 nitrogen and oxygen atoms in total. The van der Waals surface area contributed by atoms with Crippen molar-refractivity contribution < 1.29 is 18.8 Å². The van der Waals surface area contributed by atoms with Gasteiger partial charge in [-0.1, -0.05) is 11.6 Å². The van der Waals surface area contributed by atoms with Gasteiger partial charge in [0.1, 0.15) is 17.7 Å². The Bertz CT molecular complexity index is 729. The van der Waals surface area contributed by atoms with E-state index in [4.69, 9.17) is 20.9 Å². The van der Waals surface area contributed by atoms with Gasteiger partial charge in [-0.25, -0.2) is 5.06 Å². The molecule has 0 saturated carbocycles. The van der Waals surface area contributed by atoms with Crippen LogP contribution in [0.1, 0.15) is 11.8 Å². The monoisotopic (exact) mass is 318 g/mol. The molecule has 1 aromatic carbocycles. The zero-order valence-electron chi connectivity index (χ0n) is 11.2. The number of halogens is 1. The van der Waals surface area contributed by atoms with Crippen molar-refractivity contribution >= 4 is 29.1 Å². The number of benzene rings is 1. The molecule has 2 aliphatic rings. The first-order valence-electron chi connectivity index (χ1n) is 6.75. The molecule has 3 heterocycles. The van der Waals surface area contributed by atoms with Gasteiger partial charge in [-0.3, -0.25) is 19.7 Å². The number of fused-ring (bicyclic) bond motifs is 1. The van der Waals surface area contributed by atoms with Crippen molar-refractivity contribution in [1.29, 1.82) is 0 Å². The third-order valence-corrected chi connectivity index (χ3v) is 4.12. The quantitative estimate of drug-likeness (QED) is 0.858. The summed E-state index contributed by atoms with van der Waals surface area (Å²) in [5, 5.41) is 4.43. The predicted octanol–water partition coefficient (Wildman–Crippen LogP) is 2.07. The molecule has 0 spiro atoms. The highest BCUT2D eigenvalue weighted by molar-refractivity contribution is 6.30. The molecule has 112 valence electrons. The molecule has 3 unspecified atom stereocenters. The lowest BCUT2D eigenvalue weighted by Crippen LogP contribution is -2.33. The molecule has 2 fully saturated rings. The zero-order valence-corrected chi connectivity index (χ0v) is 12.0. The number of carbonyl (C=O) groups is 2. The SMILES string of the molecule is O=C1NC(=O)C2C1ON(c1ccc(Cl)cc1)C2c1ccco1. The summed E-state index contributed by atoms with van der Waals surface area (Å²) < 4.78 is 5.45. The second-order valence-electron chi connectivity index (χ2n) is 5.17. The summed E-state index contributed by atoms with van der Waals surface area (Å²) >= 11 is 5.90. The Morgan fingerprint density at radius 2 is 1.86 bits per heavy atom. The lowest BCUT2D eigenvalue weighted by molar-refractivity contribution is -0.129. The Hall–Kier alpha value is -2.31. The largest absolute Gasteiger partial charge is 0.467 e. The Morgan fingerprint density at radius 1 is 1.09 bits per heavy atom. The number of hydroxylamine groups is 1. The van der Waals surface area contributed by atoms with E-state index in [1.54, 1.807) is 41.5 Å². The fraction of sp³-hybridized carbons (Fsp3) is 0.200. The molecule has 1 N–H and O–H groups in total. The molecule has 2 aliphatic heterocycles. The maximum atomic E-state index is 12.1. The number of imide groups is 1. The summed E-state index contributed by atoms with van der Waals surface area (Å²) in [6.45, 7) is 0. The first kappa shape index (κ1) is 13.4. The van der Waals surface area contributed by atoms with Crippen molar-refractivity contribution in [1.82, 2.24) is 5.32 Å². The number of hydrogen-bond donors (Lipinski definition) is 1. The third kappa shape index (κ3) is 1.92. The third-order valence-electron chi connectivity index (χ3n) is 3.87. The smallest absolute Gasteiger partial charge is 0.259 e. The summed E-state index contributed by atoms with van der Waals surface area (Å²) in [6.07, 6.45) is 0.676. The number of carbonyl (C=O) groups excluding carboxylic acids is 2. The van der Waals surface area contributed by atoms with Crippen LogP contribution in [0.4, 0.5) is 5.69 Å². The lowest BCUT2D eigenvalue weighted by Gasteiger charge is -2.25. The molecular weight excluding hydrogens is 308 g/mol. The van der Waals surface area contributed by atoms with Crippen molar-refractivity contribution in [3.8, 4) is 0 Å². The Morgan fingerprint density at radius 3 is 2.55 bits per heavy atom. The normalized spacial score (nSPS) is 27.1. The minimum Gasteiger partial charge on any atom is -0.467 e. The molecule has 3 atom stereocenters.